The number of esters is 2. The van der Waals surface area contributed by atoms with Crippen LogP contribution in [0.5, 0.6) is 11.5 Å². The summed E-state index contributed by atoms with van der Waals surface area (Å²) in [5.74, 6) is 2.17. The van der Waals surface area contributed by atoms with Crippen molar-refractivity contribution in [2.45, 2.75) is 96.7 Å². The number of carbonyl (C=O) groups excluding carboxylic acids is 2. The average molecular weight is 601 g/mol. The zero-order valence-electron chi connectivity index (χ0n) is 26.4. The summed E-state index contributed by atoms with van der Waals surface area (Å²) in [6.07, 6.45) is 14.5. The number of rotatable bonds is 6. The molecule has 6 rings (SSSR count). The van der Waals surface area contributed by atoms with Crippen molar-refractivity contribution in [2.24, 2.45) is 17.8 Å². The summed E-state index contributed by atoms with van der Waals surface area (Å²) in [5.41, 5.74) is 4.45. The Morgan fingerprint density at radius 3 is 2.00 bits per heavy atom. The third kappa shape index (κ3) is 7.57. The summed E-state index contributed by atoms with van der Waals surface area (Å²) in [5, 5.41) is 0. The molecule has 0 bridgehead atoms. The zero-order valence-corrected chi connectivity index (χ0v) is 26.4. The van der Waals surface area contributed by atoms with Crippen molar-refractivity contribution >= 4 is 23.1 Å². The molecule has 2 aromatic rings. The molecular weight excluding hydrogens is 552 g/mol. The van der Waals surface area contributed by atoms with Gasteiger partial charge in [-0.25, -0.2) is 9.59 Å². The van der Waals surface area contributed by atoms with Gasteiger partial charge in [0.2, 0.25) is 6.10 Å². The first-order valence-electron chi connectivity index (χ1n) is 16.7. The lowest BCUT2D eigenvalue weighted by Crippen LogP contribution is -2.43. The third-order valence-electron chi connectivity index (χ3n) is 9.44. The van der Waals surface area contributed by atoms with E-state index in [9.17, 15) is 9.59 Å². The van der Waals surface area contributed by atoms with Gasteiger partial charge in [-0.15, -0.1) is 0 Å². The molecule has 1 unspecified atom stereocenters. The van der Waals surface area contributed by atoms with Crippen LogP contribution in [0.1, 0.15) is 95.6 Å². The topological polar surface area (TPSA) is 71.1 Å². The van der Waals surface area contributed by atoms with Crippen LogP contribution in [0.2, 0.25) is 0 Å². The Kier molecular flexibility index (Phi) is 11.2. The molecule has 0 N–H and O–H groups in total. The number of para-hydroxylation sites is 2. The molecule has 236 valence electrons. The van der Waals surface area contributed by atoms with E-state index < -0.39 is 12.2 Å². The van der Waals surface area contributed by atoms with Crippen LogP contribution < -0.4 is 9.47 Å². The number of fused-ring (bicyclic) bond motifs is 2. The van der Waals surface area contributed by atoms with E-state index in [1.165, 1.54) is 56.9 Å². The fourth-order valence-corrected chi connectivity index (χ4v) is 7.30. The van der Waals surface area contributed by atoms with E-state index in [-0.39, 0.29) is 17.9 Å². The third-order valence-corrected chi connectivity index (χ3v) is 9.44. The SMILES string of the molecule is C=C1c2ccccc2O[C@H](C(=O)OCC)[C@@H]1C1CCCCC1.CCOC(=O)C1C/C(=C\C2CCCCC2)c2ccccc2O1. The van der Waals surface area contributed by atoms with E-state index in [4.69, 9.17) is 18.9 Å². The van der Waals surface area contributed by atoms with Crippen LogP contribution in [0.25, 0.3) is 11.1 Å². The second-order valence-electron chi connectivity index (χ2n) is 12.4. The molecule has 6 nitrogen and oxygen atoms in total. The molecule has 0 amide bonds. The number of carbonyl (C=O) groups is 2. The van der Waals surface area contributed by atoms with Gasteiger partial charge in [-0.1, -0.05) is 87.6 Å². The van der Waals surface area contributed by atoms with Gasteiger partial charge in [0.1, 0.15) is 11.5 Å². The Bertz CT molecular complexity index is 1320. The van der Waals surface area contributed by atoms with Crippen LogP contribution in [0.15, 0.2) is 61.2 Å². The van der Waals surface area contributed by atoms with Gasteiger partial charge < -0.3 is 18.9 Å². The van der Waals surface area contributed by atoms with Gasteiger partial charge in [-0.3, -0.25) is 0 Å². The molecule has 0 saturated heterocycles. The molecule has 4 aliphatic rings. The van der Waals surface area contributed by atoms with Crippen LogP contribution in [-0.4, -0.2) is 37.4 Å². The van der Waals surface area contributed by atoms with Crippen molar-refractivity contribution < 1.29 is 28.5 Å². The molecule has 2 aliphatic carbocycles. The fourth-order valence-electron chi connectivity index (χ4n) is 7.30. The Morgan fingerprint density at radius 1 is 0.773 bits per heavy atom. The van der Waals surface area contributed by atoms with Crippen LogP contribution in [0.3, 0.4) is 0 Å². The van der Waals surface area contributed by atoms with Gasteiger partial charge in [0.05, 0.1) is 13.2 Å². The number of hydrogen-bond acceptors (Lipinski definition) is 6. The van der Waals surface area contributed by atoms with Crippen LogP contribution >= 0.6 is 0 Å². The van der Waals surface area contributed by atoms with E-state index in [1.807, 2.05) is 56.3 Å². The standard InChI is InChI=1S/2C19H24O3/c1-3-21-19(20)18-17(14-9-5-4-6-10-14)13(2)15-11-7-8-12-16(15)22-18;1-2-21-19(20)18-13-15(12-14-8-4-3-5-9-14)16-10-6-7-11-17(16)22-18/h7-8,11-12,14,17-18H,2-6,9-10H2,1H3;6-7,10-12,14,18H,2-5,8-9,13H2,1H3/b;15-12+/t17-,18-;/m0./s1. The molecule has 0 aromatic heterocycles. The summed E-state index contributed by atoms with van der Waals surface area (Å²) in [7, 11) is 0. The minimum absolute atomic E-state index is 0.0363. The highest BCUT2D eigenvalue weighted by molar-refractivity contribution is 5.84. The highest BCUT2D eigenvalue weighted by atomic mass is 16.6. The molecule has 44 heavy (non-hydrogen) atoms. The second-order valence-corrected chi connectivity index (χ2v) is 12.4. The maximum absolute atomic E-state index is 12.4. The van der Waals surface area contributed by atoms with E-state index in [0.717, 1.165) is 41.0 Å². The van der Waals surface area contributed by atoms with Crippen molar-refractivity contribution in [2.75, 3.05) is 13.2 Å². The number of hydrogen-bond donors (Lipinski definition) is 0. The first kappa shape index (κ1) is 31.9. The van der Waals surface area contributed by atoms with E-state index >= 15 is 0 Å². The molecule has 0 radical (unpaired) electrons. The van der Waals surface area contributed by atoms with E-state index in [0.29, 0.717) is 31.5 Å². The quantitative estimate of drug-likeness (QED) is 0.309. The maximum atomic E-state index is 12.4. The molecule has 2 aliphatic heterocycles. The highest BCUT2D eigenvalue weighted by Gasteiger charge is 2.43. The minimum Gasteiger partial charge on any atom is -0.478 e. The van der Waals surface area contributed by atoms with Gasteiger partial charge in [-0.05, 0) is 74.6 Å². The van der Waals surface area contributed by atoms with E-state index in [2.05, 4.69) is 18.7 Å². The summed E-state index contributed by atoms with van der Waals surface area (Å²) in [4.78, 5) is 24.5. The predicted molar refractivity (Wildman–Crippen MR) is 173 cm³/mol. The Balaban J connectivity index is 0.000000175. The number of allylic oxidation sites excluding steroid dienone is 1. The molecule has 6 heteroatoms. The van der Waals surface area contributed by atoms with Crippen molar-refractivity contribution in [1.29, 1.82) is 0 Å². The maximum Gasteiger partial charge on any atom is 0.347 e. The molecule has 2 aromatic carbocycles. The van der Waals surface area contributed by atoms with Crippen LogP contribution in [0.4, 0.5) is 0 Å². The first-order chi connectivity index (χ1) is 21.5. The number of ether oxygens (including phenoxy) is 4. The molecule has 3 atom stereocenters. The molecule has 2 heterocycles. The Hall–Kier alpha value is -3.54. The van der Waals surface area contributed by atoms with Gasteiger partial charge in [0.25, 0.3) is 0 Å². The fraction of sp³-hybridized carbons (Fsp3) is 0.526. The normalized spacial score (nSPS) is 24.5. The van der Waals surface area contributed by atoms with Gasteiger partial charge in [-0.2, -0.15) is 0 Å². The summed E-state index contributed by atoms with van der Waals surface area (Å²) < 4.78 is 22.3. The lowest BCUT2D eigenvalue weighted by atomic mass is 9.71. The van der Waals surface area contributed by atoms with Crippen LogP contribution in [-0.2, 0) is 19.1 Å². The Morgan fingerprint density at radius 2 is 1.34 bits per heavy atom. The number of benzene rings is 2. The monoisotopic (exact) mass is 600 g/mol. The minimum atomic E-state index is -0.551. The largest absolute Gasteiger partial charge is 0.478 e. The van der Waals surface area contributed by atoms with Crippen molar-refractivity contribution in [3.63, 3.8) is 0 Å². The molecule has 2 saturated carbocycles. The van der Waals surface area contributed by atoms with Gasteiger partial charge in [0, 0.05) is 23.5 Å². The van der Waals surface area contributed by atoms with Crippen molar-refractivity contribution in [3.8, 4) is 11.5 Å². The highest BCUT2D eigenvalue weighted by Crippen LogP contribution is 2.46. The van der Waals surface area contributed by atoms with Gasteiger partial charge in [0.15, 0.2) is 6.10 Å². The summed E-state index contributed by atoms with van der Waals surface area (Å²) in [6, 6.07) is 15.9. The zero-order chi connectivity index (χ0) is 30.9. The molecule has 2 fully saturated rings. The van der Waals surface area contributed by atoms with Crippen LogP contribution in [0, 0.1) is 17.8 Å². The van der Waals surface area contributed by atoms with E-state index in [1.54, 1.807) is 0 Å². The summed E-state index contributed by atoms with van der Waals surface area (Å²) in [6.45, 7) is 8.75. The first-order valence-corrected chi connectivity index (χ1v) is 16.7. The lowest BCUT2D eigenvalue weighted by Gasteiger charge is -2.39. The second kappa shape index (κ2) is 15.5. The predicted octanol–water partition coefficient (Wildman–Crippen LogP) is 8.58. The lowest BCUT2D eigenvalue weighted by molar-refractivity contribution is -0.154. The van der Waals surface area contributed by atoms with Crippen molar-refractivity contribution in [3.05, 3.63) is 72.3 Å². The smallest absolute Gasteiger partial charge is 0.347 e. The average Bonchev–Trinajstić information content (AvgIpc) is 3.06. The summed E-state index contributed by atoms with van der Waals surface area (Å²) >= 11 is 0. The Labute approximate surface area is 262 Å². The molecule has 0 spiro atoms. The molecular formula is C38H48O6. The van der Waals surface area contributed by atoms with Gasteiger partial charge >= 0.3 is 11.9 Å². The van der Waals surface area contributed by atoms with Crippen molar-refractivity contribution in [1.82, 2.24) is 0 Å².